The molecular weight excluding hydrogens is 414 g/mol. The van der Waals surface area contributed by atoms with Crippen molar-refractivity contribution in [1.29, 1.82) is 0 Å². The Balaban J connectivity index is 1.37. The van der Waals surface area contributed by atoms with Crippen LogP contribution in [-0.4, -0.2) is 27.8 Å². The van der Waals surface area contributed by atoms with E-state index >= 15 is 0 Å². The molecule has 7 heteroatoms. The summed E-state index contributed by atoms with van der Waals surface area (Å²) in [6.07, 6.45) is 1.45. The van der Waals surface area contributed by atoms with E-state index < -0.39 is 0 Å². The third kappa shape index (κ3) is 4.80. The van der Waals surface area contributed by atoms with Gasteiger partial charge in [-0.15, -0.1) is 23.1 Å². The van der Waals surface area contributed by atoms with Crippen LogP contribution < -0.4 is 10.9 Å². The van der Waals surface area contributed by atoms with Crippen molar-refractivity contribution in [1.82, 2.24) is 14.9 Å². The quantitative estimate of drug-likeness (QED) is 0.346. The number of aromatic nitrogens is 2. The standard InChI is InChI=1S/C23H21N3O2S2/c1-16-7-9-18(10-8-16)29-12-11-24-21(27)14-26-15-25-22-19(23(26)28)13-20(30-22)17-5-3-2-4-6-17/h2-10,13,15H,11-12,14H2,1H3,(H,24,27). The van der Waals surface area contributed by atoms with Crippen LogP contribution in [0.2, 0.25) is 0 Å². The Hall–Kier alpha value is -2.90. The summed E-state index contributed by atoms with van der Waals surface area (Å²) in [6.45, 7) is 2.56. The predicted molar refractivity (Wildman–Crippen MR) is 124 cm³/mol. The molecule has 0 aliphatic carbocycles. The summed E-state index contributed by atoms with van der Waals surface area (Å²) in [5.74, 6) is 0.577. The minimum atomic E-state index is -0.193. The molecule has 2 aromatic carbocycles. The van der Waals surface area contributed by atoms with Gasteiger partial charge in [0.1, 0.15) is 11.4 Å². The van der Waals surface area contributed by atoms with Crippen LogP contribution in [0.3, 0.4) is 0 Å². The fourth-order valence-electron chi connectivity index (χ4n) is 3.02. The molecule has 0 spiro atoms. The number of benzene rings is 2. The summed E-state index contributed by atoms with van der Waals surface area (Å²) >= 11 is 3.17. The molecule has 30 heavy (non-hydrogen) atoms. The van der Waals surface area contributed by atoms with Crippen LogP contribution in [-0.2, 0) is 11.3 Å². The number of fused-ring (bicyclic) bond motifs is 1. The second-order valence-electron chi connectivity index (χ2n) is 6.88. The highest BCUT2D eigenvalue weighted by Crippen LogP contribution is 2.30. The lowest BCUT2D eigenvalue weighted by atomic mass is 10.2. The van der Waals surface area contributed by atoms with E-state index in [1.54, 1.807) is 11.8 Å². The van der Waals surface area contributed by atoms with Crippen molar-refractivity contribution < 1.29 is 4.79 Å². The Kier molecular flexibility index (Phi) is 6.30. The highest BCUT2D eigenvalue weighted by atomic mass is 32.2. The van der Waals surface area contributed by atoms with Gasteiger partial charge < -0.3 is 5.32 Å². The lowest BCUT2D eigenvalue weighted by Crippen LogP contribution is -2.33. The van der Waals surface area contributed by atoms with Crippen molar-refractivity contribution in [3.8, 4) is 10.4 Å². The maximum atomic E-state index is 12.8. The first-order valence-electron chi connectivity index (χ1n) is 9.61. The third-order valence-electron chi connectivity index (χ3n) is 4.60. The molecule has 5 nitrogen and oxygen atoms in total. The van der Waals surface area contributed by atoms with Crippen molar-refractivity contribution in [3.63, 3.8) is 0 Å². The van der Waals surface area contributed by atoms with Gasteiger partial charge >= 0.3 is 0 Å². The number of hydrogen-bond acceptors (Lipinski definition) is 5. The molecule has 2 heterocycles. The first-order valence-corrected chi connectivity index (χ1v) is 11.4. The van der Waals surface area contributed by atoms with Gasteiger partial charge in [-0.2, -0.15) is 0 Å². The average Bonchev–Trinajstić information content (AvgIpc) is 3.20. The van der Waals surface area contributed by atoms with Crippen LogP contribution in [0.5, 0.6) is 0 Å². The van der Waals surface area contributed by atoms with Gasteiger partial charge in [-0.25, -0.2) is 4.98 Å². The van der Waals surface area contributed by atoms with Crippen molar-refractivity contribution >= 4 is 39.2 Å². The Morgan fingerprint density at radius 2 is 1.90 bits per heavy atom. The lowest BCUT2D eigenvalue weighted by molar-refractivity contribution is -0.121. The Morgan fingerprint density at radius 3 is 2.67 bits per heavy atom. The molecule has 0 unspecified atom stereocenters. The number of hydrogen-bond donors (Lipinski definition) is 1. The smallest absolute Gasteiger partial charge is 0.262 e. The summed E-state index contributed by atoms with van der Waals surface area (Å²) in [5.41, 5.74) is 2.09. The van der Waals surface area contributed by atoms with Gasteiger partial charge in [0.05, 0.1) is 11.7 Å². The zero-order valence-electron chi connectivity index (χ0n) is 16.5. The number of nitrogens with zero attached hydrogens (tertiary/aromatic N) is 2. The Labute approximate surface area is 182 Å². The summed E-state index contributed by atoms with van der Waals surface area (Å²) in [7, 11) is 0. The third-order valence-corrected chi connectivity index (χ3v) is 6.71. The van der Waals surface area contributed by atoms with E-state index in [4.69, 9.17) is 0 Å². The molecule has 0 aliphatic rings. The van der Waals surface area contributed by atoms with E-state index in [0.29, 0.717) is 16.8 Å². The molecule has 1 N–H and O–H groups in total. The van der Waals surface area contributed by atoms with E-state index in [1.165, 1.54) is 32.7 Å². The number of aryl methyl sites for hydroxylation is 1. The highest BCUT2D eigenvalue weighted by molar-refractivity contribution is 7.99. The van der Waals surface area contributed by atoms with Crippen molar-refractivity contribution in [2.24, 2.45) is 0 Å². The molecule has 0 fully saturated rings. The zero-order chi connectivity index (χ0) is 20.9. The molecule has 4 rings (SSSR count). The van der Waals surface area contributed by atoms with Gasteiger partial charge in [-0.3, -0.25) is 14.2 Å². The van der Waals surface area contributed by atoms with Crippen LogP contribution in [0.1, 0.15) is 5.56 Å². The number of amides is 1. The first-order chi connectivity index (χ1) is 14.6. The van der Waals surface area contributed by atoms with E-state index in [-0.39, 0.29) is 18.0 Å². The van der Waals surface area contributed by atoms with Crippen LogP contribution in [0.4, 0.5) is 0 Å². The molecule has 0 aliphatic heterocycles. The van der Waals surface area contributed by atoms with Crippen LogP contribution in [0, 0.1) is 6.92 Å². The van der Waals surface area contributed by atoms with Crippen LogP contribution >= 0.6 is 23.1 Å². The molecular formula is C23H21N3O2S2. The number of nitrogens with one attached hydrogen (secondary N) is 1. The summed E-state index contributed by atoms with van der Waals surface area (Å²) in [5, 5.41) is 3.42. The van der Waals surface area contributed by atoms with Gasteiger partial charge in [0, 0.05) is 22.1 Å². The average molecular weight is 436 g/mol. The van der Waals surface area contributed by atoms with Crippen molar-refractivity contribution in [2.75, 3.05) is 12.3 Å². The molecule has 0 saturated heterocycles. The van der Waals surface area contributed by atoms with Crippen LogP contribution in [0.15, 0.2) is 76.7 Å². The van der Waals surface area contributed by atoms with Gasteiger partial charge in [0.25, 0.3) is 5.56 Å². The fourth-order valence-corrected chi connectivity index (χ4v) is 4.78. The van der Waals surface area contributed by atoms with Gasteiger partial charge in [-0.1, -0.05) is 48.0 Å². The van der Waals surface area contributed by atoms with Crippen molar-refractivity contribution in [2.45, 2.75) is 18.4 Å². The van der Waals surface area contributed by atoms with Crippen LogP contribution in [0.25, 0.3) is 20.7 Å². The highest BCUT2D eigenvalue weighted by Gasteiger charge is 2.12. The summed E-state index contributed by atoms with van der Waals surface area (Å²) < 4.78 is 1.37. The van der Waals surface area contributed by atoms with E-state index in [1.807, 2.05) is 36.4 Å². The second-order valence-corrected chi connectivity index (χ2v) is 9.08. The number of thioether (sulfide) groups is 1. The topological polar surface area (TPSA) is 64.0 Å². The first kappa shape index (κ1) is 20.4. The molecule has 2 aromatic heterocycles. The monoisotopic (exact) mass is 435 g/mol. The van der Waals surface area contributed by atoms with E-state index in [9.17, 15) is 9.59 Å². The molecule has 4 aromatic rings. The van der Waals surface area contributed by atoms with E-state index in [2.05, 4.69) is 41.5 Å². The largest absolute Gasteiger partial charge is 0.354 e. The summed E-state index contributed by atoms with van der Waals surface area (Å²) in [6, 6.07) is 20.1. The van der Waals surface area contributed by atoms with E-state index in [0.717, 1.165) is 16.2 Å². The maximum absolute atomic E-state index is 12.8. The Morgan fingerprint density at radius 1 is 1.13 bits per heavy atom. The molecule has 0 radical (unpaired) electrons. The predicted octanol–water partition coefficient (Wildman–Crippen LogP) is 4.34. The number of thiophene rings is 1. The minimum absolute atomic E-state index is 0.0342. The molecule has 0 saturated carbocycles. The number of carbonyl (C=O) groups is 1. The molecule has 0 atom stereocenters. The second kappa shape index (κ2) is 9.28. The number of rotatable bonds is 7. The van der Waals surface area contributed by atoms with Gasteiger partial charge in [0.15, 0.2) is 0 Å². The minimum Gasteiger partial charge on any atom is -0.354 e. The lowest BCUT2D eigenvalue weighted by Gasteiger charge is -2.07. The SMILES string of the molecule is Cc1ccc(SCCNC(=O)Cn2cnc3sc(-c4ccccc4)cc3c2=O)cc1. The van der Waals surface area contributed by atoms with Crippen molar-refractivity contribution in [3.05, 3.63) is 82.9 Å². The van der Waals surface area contributed by atoms with Gasteiger partial charge in [0.2, 0.25) is 5.91 Å². The summed E-state index contributed by atoms with van der Waals surface area (Å²) in [4.78, 5) is 32.3. The zero-order valence-corrected chi connectivity index (χ0v) is 18.1. The van der Waals surface area contributed by atoms with Gasteiger partial charge in [-0.05, 0) is 30.7 Å². The molecule has 0 bridgehead atoms. The fraction of sp³-hybridized carbons (Fsp3) is 0.174. The molecule has 1 amide bonds. The number of carbonyl (C=O) groups excluding carboxylic acids is 1. The molecule has 152 valence electrons. The normalized spacial score (nSPS) is 11.0. The maximum Gasteiger partial charge on any atom is 0.262 e. The Bertz CT molecular complexity index is 1210.